The van der Waals surface area contributed by atoms with Crippen molar-refractivity contribution in [1.82, 2.24) is 30.0 Å². The molecule has 5 rings (SSSR count). The van der Waals surface area contributed by atoms with Gasteiger partial charge in [0.25, 0.3) is 0 Å². The van der Waals surface area contributed by atoms with E-state index in [2.05, 4.69) is 44.8 Å². The first kappa shape index (κ1) is 21.6. The number of amides is 1. The van der Waals surface area contributed by atoms with Crippen LogP contribution < -0.4 is 15.4 Å². The number of fused-ring (bicyclic) bond motifs is 2. The lowest BCUT2D eigenvalue weighted by Crippen LogP contribution is -2.36. The molecule has 2 aliphatic rings. The summed E-state index contributed by atoms with van der Waals surface area (Å²) < 4.78 is 7.68. The Morgan fingerprint density at radius 2 is 1.97 bits per heavy atom. The van der Waals surface area contributed by atoms with Crippen LogP contribution in [0.3, 0.4) is 0 Å². The van der Waals surface area contributed by atoms with E-state index in [4.69, 9.17) is 9.72 Å². The fourth-order valence-corrected chi connectivity index (χ4v) is 5.03. The molecule has 9 nitrogen and oxygen atoms in total. The fourth-order valence-electron chi connectivity index (χ4n) is 5.03. The summed E-state index contributed by atoms with van der Waals surface area (Å²) in [7, 11) is 3.83. The van der Waals surface area contributed by atoms with Crippen molar-refractivity contribution in [3.63, 3.8) is 0 Å². The molecule has 3 heterocycles. The highest BCUT2D eigenvalue weighted by Gasteiger charge is 2.25. The van der Waals surface area contributed by atoms with E-state index < -0.39 is 0 Å². The standard InChI is InChI=1S/C24H31N7O2/c1-15(32)27-19-4-6-20(7-5-19)31-23-18(13-26-31)12-25-24(29-23)28-21-10-17-14-30(2)9-8-16(17)11-22(21)33-3/h10-13,19-20H,4-9,14H2,1-3H3,(H,27,32)(H,25,28,29)/t19-,20-. The molecule has 0 spiro atoms. The Hall–Kier alpha value is -3.20. The van der Waals surface area contributed by atoms with Crippen LogP contribution in [0.1, 0.15) is 49.8 Å². The molecule has 3 aromatic rings. The van der Waals surface area contributed by atoms with Gasteiger partial charge in [0, 0.05) is 32.3 Å². The second kappa shape index (κ2) is 8.97. The normalized spacial score (nSPS) is 20.9. The molecule has 0 atom stereocenters. The van der Waals surface area contributed by atoms with Gasteiger partial charge in [0.05, 0.1) is 30.4 Å². The number of rotatable bonds is 5. The van der Waals surface area contributed by atoms with Crippen molar-refractivity contribution in [1.29, 1.82) is 0 Å². The molecular formula is C24H31N7O2. The van der Waals surface area contributed by atoms with Gasteiger partial charge in [0.15, 0.2) is 5.65 Å². The maximum absolute atomic E-state index is 11.4. The van der Waals surface area contributed by atoms with E-state index in [1.165, 1.54) is 11.1 Å². The second-order valence-electron chi connectivity index (χ2n) is 9.20. The van der Waals surface area contributed by atoms with Crippen molar-refractivity contribution in [2.75, 3.05) is 26.0 Å². The number of carbonyl (C=O) groups excluding carboxylic acids is 1. The van der Waals surface area contributed by atoms with Crippen LogP contribution in [0.4, 0.5) is 11.6 Å². The number of hydrogen-bond donors (Lipinski definition) is 2. The third kappa shape index (κ3) is 4.50. The highest BCUT2D eigenvalue weighted by atomic mass is 16.5. The van der Waals surface area contributed by atoms with Gasteiger partial charge in [-0.2, -0.15) is 10.1 Å². The van der Waals surface area contributed by atoms with Crippen molar-refractivity contribution >= 4 is 28.6 Å². The molecule has 0 bridgehead atoms. The molecule has 1 saturated carbocycles. The van der Waals surface area contributed by atoms with E-state index in [9.17, 15) is 4.79 Å². The summed E-state index contributed by atoms with van der Waals surface area (Å²) in [5.74, 6) is 1.36. The smallest absolute Gasteiger partial charge is 0.229 e. The maximum Gasteiger partial charge on any atom is 0.229 e. The molecule has 1 fully saturated rings. The number of benzene rings is 1. The molecule has 33 heavy (non-hydrogen) atoms. The number of ether oxygens (including phenoxy) is 1. The average molecular weight is 450 g/mol. The average Bonchev–Trinajstić information content (AvgIpc) is 3.22. The Bertz CT molecular complexity index is 1170. The van der Waals surface area contributed by atoms with Gasteiger partial charge in [-0.05, 0) is 62.4 Å². The van der Waals surface area contributed by atoms with Gasteiger partial charge in [-0.15, -0.1) is 0 Å². The number of hydrogen-bond acceptors (Lipinski definition) is 7. The molecular weight excluding hydrogens is 418 g/mol. The van der Waals surface area contributed by atoms with Crippen molar-refractivity contribution in [3.05, 3.63) is 35.7 Å². The Labute approximate surface area is 193 Å². The molecule has 0 unspecified atom stereocenters. The van der Waals surface area contributed by atoms with Gasteiger partial charge in [-0.3, -0.25) is 4.79 Å². The van der Waals surface area contributed by atoms with E-state index in [0.717, 1.165) is 67.7 Å². The number of anilines is 2. The van der Waals surface area contributed by atoms with Crippen molar-refractivity contribution < 1.29 is 9.53 Å². The number of aromatic nitrogens is 4. The Morgan fingerprint density at radius 3 is 2.73 bits per heavy atom. The summed E-state index contributed by atoms with van der Waals surface area (Å²) in [6.45, 7) is 3.55. The Balaban J connectivity index is 1.38. The lowest BCUT2D eigenvalue weighted by atomic mass is 9.91. The molecule has 9 heteroatoms. The van der Waals surface area contributed by atoms with Crippen LogP contribution in [0.2, 0.25) is 0 Å². The summed E-state index contributed by atoms with van der Waals surface area (Å²) in [6, 6.07) is 4.80. The van der Waals surface area contributed by atoms with Crippen LogP contribution in [0.25, 0.3) is 11.0 Å². The summed E-state index contributed by atoms with van der Waals surface area (Å²) in [6.07, 6.45) is 8.48. The lowest BCUT2D eigenvalue weighted by molar-refractivity contribution is -0.119. The quantitative estimate of drug-likeness (QED) is 0.617. The molecule has 0 saturated heterocycles. The van der Waals surface area contributed by atoms with Gasteiger partial charge < -0.3 is 20.3 Å². The highest BCUT2D eigenvalue weighted by Crippen LogP contribution is 2.34. The minimum absolute atomic E-state index is 0.0377. The van der Waals surface area contributed by atoms with E-state index in [0.29, 0.717) is 5.95 Å². The minimum Gasteiger partial charge on any atom is -0.495 e. The zero-order valence-corrected chi connectivity index (χ0v) is 19.5. The summed E-state index contributed by atoms with van der Waals surface area (Å²) in [5.41, 5.74) is 4.33. The highest BCUT2D eigenvalue weighted by molar-refractivity contribution is 5.76. The van der Waals surface area contributed by atoms with Gasteiger partial charge >= 0.3 is 0 Å². The van der Waals surface area contributed by atoms with E-state index in [1.807, 2.05) is 17.1 Å². The van der Waals surface area contributed by atoms with E-state index in [1.54, 1.807) is 14.0 Å². The molecule has 2 aromatic heterocycles. The monoisotopic (exact) mass is 449 g/mol. The van der Waals surface area contributed by atoms with Crippen molar-refractivity contribution in [3.8, 4) is 5.75 Å². The Kier molecular flexibility index (Phi) is 5.88. The summed E-state index contributed by atoms with van der Waals surface area (Å²) in [5, 5.41) is 12.0. The Morgan fingerprint density at radius 1 is 1.15 bits per heavy atom. The molecule has 0 radical (unpaired) electrons. The first-order valence-corrected chi connectivity index (χ1v) is 11.6. The summed E-state index contributed by atoms with van der Waals surface area (Å²) >= 11 is 0. The predicted molar refractivity (Wildman–Crippen MR) is 127 cm³/mol. The van der Waals surface area contributed by atoms with Gasteiger partial charge in [-0.25, -0.2) is 9.67 Å². The van der Waals surface area contributed by atoms with Crippen molar-refractivity contribution in [2.24, 2.45) is 0 Å². The SMILES string of the molecule is COc1cc2c(cc1Nc1ncc3cnn([C@H]4CC[C@H](NC(C)=O)CC4)c3n1)CN(C)CC2. The van der Waals surface area contributed by atoms with Crippen LogP contribution >= 0.6 is 0 Å². The molecule has 1 aliphatic heterocycles. The number of carbonyl (C=O) groups is 1. The van der Waals surface area contributed by atoms with Crippen LogP contribution in [-0.2, 0) is 17.8 Å². The first-order chi connectivity index (χ1) is 16.0. The first-order valence-electron chi connectivity index (χ1n) is 11.6. The zero-order valence-electron chi connectivity index (χ0n) is 19.5. The number of likely N-dealkylation sites (N-methyl/N-ethyl adjacent to an activating group) is 1. The zero-order chi connectivity index (χ0) is 22.9. The van der Waals surface area contributed by atoms with Crippen LogP contribution in [0.15, 0.2) is 24.5 Å². The van der Waals surface area contributed by atoms with Crippen LogP contribution in [0.5, 0.6) is 5.75 Å². The minimum atomic E-state index is 0.0377. The molecule has 1 aliphatic carbocycles. The number of methoxy groups -OCH3 is 1. The molecule has 174 valence electrons. The van der Waals surface area contributed by atoms with Gasteiger partial charge in [0.1, 0.15) is 5.75 Å². The third-order valence-electron chi connectivity index (χ3n) is 6.76. The summed E-state index contributed by atoms with van der Waals surface area (Å²) in [4.78, 5) is 23.0. The third-order valence-corrected chi connectivity index (χ3v) is 6.76. The molecule has 2 N–H and O–H groups in total. The van der Waals surface area contributed by atoms with E-state index >= 15 is 0 Å². The van der Waals surface area contributed by atoms with Crippen LogP contribution in [-0.4, -0.2) is 57.3 Å². The predicted octanol–water partition coefficient (Wildman–Crippen LogP) is 3.19. The second-order valence-corrected chi connectivity index (χ2v) is 9.20. The molecule has 1 aromatic carbocycles. The van der Waals surface area contributed by atoms with Gasteiger partial charge in [0.2, 0.25) is 11.9 Å². The topological polar surface area (TPSA) is 97.2 Å². The number of nitrogens with zero attached hydrogens (tertiary/aromatic N) is 5. The lowest BCUT2D eigenvalue weighted by Gasteiger charge is -2.29. The maximum atomic E-state index is 11.4. The molecule has 1 amide bonds. The largest absolute Gasteiger partial charge is 0.495 e. The van der Waals surface area contributed by atoms with Crippen LogP contribution in [0, 0.1) is 0 Å². The van der Waals surface area contributed by atoms with Crippen molar-refractivity contribution in [2.45, 2.75) is 57.7 Å². The number of nitrogens with one attached hydrogen (secondary N) is 2. The van der Waals surface area contributed by atoms with Gasteiger partial charge in [-0.1, -0.05) is 0 Å². The fraction of sp³-hybridized carbons (Fsp3) is 0.500. The van der Waals surface area contributed by atoms with E-state index in [-0.39, 0.29) is 18.0 Å².